The van der Waals surface area contributed by atoms with Gasteiger partial charge in [0.15, 0.2) is 5.15 Å². The predicted octanol–water partition coefficient (Wildman–Crippen LogP) is 1.94. The molecule has 4 heteroatoms. The molecule has 0 saturated heterocycles. The highest BCUT2D eigenvalue weighted by atomic mass is 35.5. The van der Waals surface area contributed by atoms with E-state index < -0.39 is 0 Å². The average molecular weight is 214 g/mol. The second kappa shape index (κ2) is 3.55. The molecule has 2 N–H and O–H groups in total. The Balaban J connectivity index is 2.42. The number of rotatable bonds is 3. The molecule has 1 aliphatic carbocycles. The summed E-state index contributed by atoms with van der Waals surface area (Å²) in [6.07, 6.45) is 5.36. The van der Waals surface area contributed by atoms with Crippen LogP contribution in [0.3, 0.4) is 0 Å². The average Bonchev–Trinajstić information content (AvgIpc) is 2.48. The second-order valence-electron chi connectivity index (χ2n) is 4.01. The van der Waals surface area contributed by atoms with Gasteiger partial charge in [-0.1, -0.05) is 18.0 Å². The highest BCUT2D eigenvalue weighted by Crippen LogP contribution is 2.45. The zero-order chi connectivity index (χ0) is 10.2. The van der Waals surface area contributed by atoms with Gasteiger partial charge in [-0.05, 0) is 19.8 Å². The van der Waals surface area contributed by atoms with Crippen molar-refractivity contribution in [2.75, 3.05) is 6.54 Å². The molecule has 1 aliphatic rings. The van der Waals surface area contributed by atoms with Crippen molar-refractivity contribution in [3.05, 3.63) is 17.2 Å². The Kier molecular flexibility index (Phi) is 2.54. The lowest BCUT2D eigenvalue weighted by Gasteiger charge is -2.41. The maximum absolute atomic E-state index is 6.11. The molecule has 0 unspecified atom stereocenters. The largest absolute Gasteiger partial charge is 0.333 e. The van der Waals surface area contributed by atoms with Gasteiger partial charge in [0.05, 0.1) is 12.0 Å². The van der Waals surface area contributed by atoms with E-state index in [1.807, 2.05) is 6.33 Å². The maximum atomic E-state index is 6.11. The highest BCUT2D eigenvalue weighted by molar-refractivity contribution is 6.30. The number of nitrogens with zero attached hydrogens (tertiary/aromatic N) is 2. The summed E-state index contributed by atoms with van der Waals surface area (Å²) < 4.78 is 2.12. The molecule has 1 aromatic heterocycles. The number of halogens is 1. The molecule has 1 heterocycles. The summed E-state index contributed by atoms with van der Waals surface area (Å²) in [6, 6.07) is 0. The van der Waals surface area contributed by atoms with Crippen LogP contribution in [0.25, 0.3) is 0 Å². The molecular weight excluding hydrogens is 198 g/mol. The number of hydrogen-bond donors (Lipinski definition) is 1. The van der Waals surface area contributed by atoms with Gasteiger partial charge in [0, 0.05) is 18.5 Å². The molecule has 0 spiro atoms. The van der Waals surface area contributed by atoms with Gasteiger partial charge in [0.1, 0.15) is 0 Å². The van der Waals surface area contributed by atoms with Crippen molar-refractivity contribution in [1.82, 2.24) is 9.55 Å². The first-order valence-corrected chi connectivity index (χ1v) is 5.52. The Morgan fingerprint density at radius 3 is 2.79 bits per heavy atom. The third kappa shape index (κ3) is 1.27. The van der Waals surface area contributed by atoms with Gasteiger partial charge in [-0.2, -0.15) is 0 Å². The molecule has 1 fully saturated rings. The normalized spacial score (nSPS) is 19.4. The molecule has 0 amide bonds. The number of aryl methyl sites for hydroxylation is 1. The Labute approximate surface area is 89.3 Å². The lowest BCUT2D eigenvalue weighted by Crippen LogP contribution is -2.43. The van der Waals surface area contributed by atoms with E-state index in [1.54, 1.807) is 0 Å². The fourth-order valence-corrected chi connectivity index (χ4v) is 2.61. The number of imidazole rings is 1. The van der Waals surface area contributed by atoms with Crippen molar-refractivity contribution in [1.29, 1.82) is 0 Å². The molecule has 3 nitrogen and oxygen atoms in total. The monoisotopic (exact) mass is 213 g/mol. The van der Waals surface area contributed by atoms with Gasteiger partial charge >= 0.3 is 0 Å². The zero-order valence-electron chi connectivity index (χ0n) is 8.46. The van der Waals surface area contributed by atoms with Crippen molar-refractivity contribution in [2.24, 2.45) is 5.73 Å². The van der Waals surface area contributed by atoms with Crippen LogP contribution in [-0.4, -0.2) is 16.1 Å². The van der Waals surface area contributed by atoms with Crippen LogP contribution in [0.5, 0.6) is 0 Å². The van der Waals surface area contributed by atoms with E-state index in [0.29, 0.717) is 11.7 Å². The SMILES string of the molecule is CCn1cnc(Cl)c1C1(CN)CCC1. The summed E-state index contributed by atoms with van der Waals surface area (Å²) >= 11 is 6.11. The van der Waals surface area contributed by atoms with Crippen LogP contribution in [0.2, 0.25) is 5.15 Å². The molecule has 0 radical (unpaired) electrons. The van der Waals surface area contributed by atoms with Crippen molar-refractivity contribution in [2.45, 2.75) is 38.1 Å². The quantitative estimate of drug-likeness (QED) is 0.834. The Morgan fingerprint density at radius 1 is 1.64 bits per heavy atom. The number of hydrogen-bond acceptors (Lipinski definition) is 2. The maximum Gasteiger partial charge on any atom is 0.150 e. The lowest BCUT2D eigenvalue weighted by molar-refractivity contribution is 0.238. The van der Waals surface area contributed by atoms with E-state index in [1.165, 1.54) is 6.42 Å². The minimum Gasteiger partial charge on any atom is -0.333 e. The zero-order valence-corrected chi connectivity index (χ0v) is 9.22. The molecule has 0 aliphatic heterocycles. The van der Waals surface area contributed by atoms with E-state index in [9.17, 15) is 0 Å². The fourth-order valence-electron chi connectivity index (χ4n) is 2.26. The van der Waals surface area contributed by atoms with Crippen LogP contribution < -0.4 is 5.73 Å². The van der Waals surface area contributed by atoms with Crippen LogP contribution in [0.1, 0.15) is 31.9 Å². The van der Waals surface area contributed by atoms with Crippen LogP contribution >= 0.6 is 11.6 Å². The third-order valence-corrected chi connectivity index (χ3v) is 3.61. The van der Waals surface area contributed by atoms with Crippen molar-refractivity contribution in [3.63, 3.8) is 0 Å². The summed E-state index contributed by atoms with van der Waals surface area (Å²) in [5.41, 5.74) is 7.12. The molecule has 0 aromatic carbocycles. The standard InChI is InChI=1S/C10H16ClN3/c1-2-14-7-13-9(11)8(14)10(6-12)4-3-5-10/h7H,2-6,12H2,1H3. The van der Waals surface area contributed by atoms with Crippen molar-refractivity contribution in [3.8, 4) is 0 Å². The van der Waals surface area contributed by atoms with Crippen molar-refractivity contribution >= 4 is 11.6 Å². The molecule has 14 heavy (non-hydrogen) atoms. The predicted molar refractivity (Wildman–Crippen MR) is 57.5 cm³/mol. The minimum atomic E-state index is 0.115. The van der Waals surface area contributed by atoms with Gasteiger partial charge in [0.25, 0.3) is 0 Å². The van der Waals surface area contributed by atoms with Gasteiger partial charge < -0.3 is 10.3 Å². The first-order chi connectivity index (χ1) is 6.73. The molecule has 0 atom stereocenters. The summed E-state index contributed by atoms with van der Waals surface area (Å²) in [7, 11) is 0. The number of nitrogens with two attached hydrogens (primary N) is 1. The van der Waals surface area contributed by atoms with Crippen LogP contribution in [0.15, 0.2) is 6.33 Å². The van der Waals surface area contributed by atoms with Gasteiger partial charge in [-0.15, -0.1) is 0 Å². The Hall–Kier alpha value is -0.540. The first-order valence-electron chi connectivity index (χ1n) is 5.14. The highest BCUT2D eigenvalue weighted by Gasteiger charge is 2.41. The van der Waals surface area contributed by atoms with E-state index in [-0.39, 0.29) is 5.41 Å². The first kappa shape index (κ1) is 9.99. The summed E-state index contributed by atoms with van der Waals surface area (Å²) in [5.74, 6) is 0. The van der Waals surface area contributed by atoms with Crippen LogP contribution in [0, 0.1) is 0 Å². The van der Waals surface area contributed by atoms with E-state index in [2.05, 4.69) is 16.5 Å². The number of aromatic nitrogens is 2. The topological polar surface area (TPSA) is 43.8 Å². The Bertz CT molecular complexity index is 323. The van der Waals surface area contributed by atoms with Gasteiger partial charge in [0.2, 0.25) is 0 Å². The molecule has 1 saturated carbocycles. The summed E-state index contributed by atoms with van der Waals surface area (Å²) in [5, 5.41) is 0.636. The molecule has 0 bridgehead atoms. The molecular formula is C10H16ClN3. The van der Waals surface area contributed by atoms with E-state index in [0.717, 1.165) is 25.1 Å². The second-order valence-corrected chi connectivity index (χ2v) is 4.37. The van der Waals surface area contributed by atoms with Gasteiger partial charge in [-0.25, -0.2) is 4.98 Å². The Morgan fingerprint density at radius 2 is 2.36 bits per heavy atom. The summed E-state index contributed by atoms with van der Waals surface area (Å²) in [6.45, 7) is 3.69. The van der Waals surface area contributed by atoms with E-state index >= 15 is 0 Å². The fraction of sp³-hybridized carbons (Fsp3) is 0.700. The van der Waals surface area contributed by atoms with Crippen LogP contribution in [0.4, 0.5) is 0 Å². The van der Waals surface area contributed by atoms with Gasteiger partial charge in [-0.3, -0.25) is 0 Å². The lowest BCUT2D eigenvalue weighted by atomic mass is 9.66. The third-order valence-electron chi connectivity index (χ3n) is 3.34. The van der Waals surface area contributed by atoms with Crippen LogP contribution in [-0.2, 0) is 12.0 Å². The molecule has 1 aromatic rings. The van der Waals surface area contributed by atoms with E-state index in [4.69, 9.17) is 17.3 Å². The van der Waals surface area contributed by atoms with Crippen molar-refractivity contribution < 1.29 is 0 Å². The summed E-state index contributed by atoms with van der Waals surface area (Å²) in [4.78, 5) is 4.16. The molecule has 78 valence electrons. The molecule has 2 rings (SSSR count). The smallest absolute Gasteiger partial charge is 0.150 e. The minimum absolute atomic E-state index is 0.115.